The molecule has 1 aliphatic carbocycles. The number of nitrogens with one attached hydrogen (secondary N) is 1. The van der Waals surface area contributed by atoms with Crippen LogP contribution in [0.3, 0.4) is 0 Å². The summed E-state index contributed by atoms with van der Waals surface area (Å²) in [6, 6.07) is 0. The number of carboxylic acid groups (broad SMARTS) is 1. The van der Waals surface area contributed by atoms with E-state index in [2.05, 4.69) is 21.6 Å². The molecule has 1 fully saturated rings. The Balaban J connectivity index is 2.09. The van der Waals surface area contributed by atoms with Crippen molar-refractivity contribution in [2.24, 2.45) is 5.92 Å². The molecule has 0 radical (unpaired) electrons. The van der Waals surface area contributed by atoms with Crippen LogP contribution in [0.2, 0.25) is 0 Å². The van der Waals surface area contributed by atoms with Gasteiger partial charge in [-0.2, -0.15) is 4.37 Å². The summed E-state index contributed by atoms with van der Waals surface area (Å²) in [5.74, 6) is 0.189. The minimum atomic E-state index is -0.900. The van der Waals surface area contributed by atoms with E-state index < -0.39 is 11.5 Å². The highest BCUT2D eigenvalue weighted by Crippen LogP contribution is 2.41. The summed E-state index contributed by atoms with van der Waals surface area (Å²) in [4.78, 5) is 15.6. The van der Waals surface area contributed by atoms with Crippen LogP contribution in [0.4, 0.5) is 5.13 Å². The van der Waals surface area contributed by atoms with Crippen LogP contribution in [0.1, 0.15) is 38.9 Å². The molecule has 1 unspecified atom stereocenters. The predicted octanol–water partition coefficient (Wildman–Crippen LogP) is 2.16. The number of carbonyl (C=O) groups is 1. The van der Waals surface area contributed by atoms with Crippen LogP contribution in [-0.2, 0) is 11.2 Å². The van der Waals surface area contributed by atoms with Crippen molar-refractivity contribution >= 4 is 22.6 Å². The van der Waals surface area contributed by atoms with Gasteiger partial charge in [-0.3, -0.25) is 0 Å². The van der Waals surface area contributed by atoms with E-state index in [4.69, 9.17) is 0 Å². The van der Waals surface area contributed by atoms with Crippen LogP contribution in [0.5, 0.6) is 0 Å². The Bertz CT molecular complexity index is 417. The molecule has 1 aromatic rings. The standard InChI is InChI=1S/C11H17N3O2S/c1-3-4-8-12-10(17-14-8)13-11(2,9(15)16)7-5-6-7/h7H,3-6H2,1-2H3,(H,15,16)(H,12,13,14). The van der Waals surface area contributed by atoms with Crippen molar-refractivity contribution in [2.75, 3.05) is 5.32 Å². The van der Waals surface area contributed by atoms with Crippen LogP contribution < -0.4 is 5.32 Å². The average Bonchev–Trinajstić information content (AvgIpc) is 3.03. The number of anilines is 1. The normalized spacial score (nSPS) is 18.7. The third-order valence-electron chi connectivity index (χ3n) is 3.15. The van der Waals surface area contributed by atoms with Gasteiger partial charge in [0.15, 0.2) is 0 Å². The first-order valence-electron chi connectivity index (χ1n) is 5.90. The summed E-state index contributed by atoms with van der Waals surface area (Å²) >= 11 is 1.24. The first-order valence-corrected chi connectivity index (χ1v) is 6.67. The maximum atomic E-state index is 11.3. The van der Waals surface area contributed by atoms with Gasteiger partial charge in [0.25, 0.3) is 0 Å². The Hall–Kier alpha value is -1.17. The Morgan fingerprint density at radius 3 is 2.88 bits per heavy atom. The molecule has 0 bridgehead atoms. The van der Waals surface area contributed by atoms with Gasteiger partial charge < -0.3 is 10.4 Å². The van der Waals surface area contributed by atoms with Gasteiger partial charge in [0.1, 0.15) is 11.4 Å². The van der Waals surface area contributed by atoms with Crippen molar-refractivity contribution in [3.63, 3.8) is 0 Å². The summed E-state index contributed by atoms with van der Waals surface area (Å²) in [6.07, 6.45) is 3.77. The molecular weight excluding hydrogens is 238 g/mol. The molecule has 0 spiro atoms. The van der Waals surface area contributed by atoms with E-state index in [1.165, 1.54) is 11.5 Å². The topological polar surface area (TPSA) is 75.1 Å². The smallest absolute Gasteiger partial charge is 0.329 e. The Labute approximate surface area is 104 Å². The van der Waals surface area contributed by atoms with E-state index in [1.807, 2.05) is 0 Å². The van der Waals surface area contributed by atoms with Gasteiger partial charge in [-0.15, -0.1) is 0 Å². The number of rotatable bonds is 6. The highest BCUT2D eigenvalue weighted by molar-refractivity contribution is 7.09. The van der Waals surface area contributed by atoms with E-state index in [0.29, 0.717) is 5.13 Å². The van der Waals surface area contributed by atoms with E-state index >= 15 is 0 Å². The molecule has 6 heteroatoms. The van der Waals surface area contributed by atoms with E-state index in [-0.39, 0.29) is 5.92 Å². The molecule has 2 N–H and O–H groups in total. The minimum absolute atomic E-state index is 0.207. The highest BCUT2D eigenvalue weighted by Gasteiger charge is 2.48. The lowest BCUT2D eigenvalue weighted by atomic mass is 9.96. The quantitative estimate of drug-likeness (QED) is 0.814. The third-order valence-corrected chi connectivity index (χ3v) is 3.81. The zero-order chi connectivity index (χ0) is 12.5. The number of carboxylic acids is 1. The predicted molar refractivity (Wildman–Crippen MR) is 66.3 cm³/mol. The molecule has 0 aliphatic heterocycles. The highest BCUT2D eigenvalue weighted by atomic mass is 32.1. The number of hydrogen-bond acceptors (Lipinski definition) is 5. The van der Waals surface area contributed by atoms with Crippen molar-refractivity contribution in [1.82, 2.24) is 9.36 Å². The van der Waals surface area contributed by atoms with Crippen LogP contribution >= 0.6 is 11.5 Å². The lowest BCUT2D eigenvalue weighted by Crippen LogP contribution is -2.45. The lowest BCUT2D eigenvalue weighted by molar-refractivity contribution is -0.142. The molecule has 0 amide bonds. The molecule has 17 heavy (non-hydrogen) atoms. The molecule has 1 aromatic heterocycles. The Kier molecular flexibility index (Phi) is 3.33. The van der Waals surface area contributed by atoms with Crippen molar-refractivity contribution in [3.8, 4) is 0 Å². The second-order valence-corrected chi connectivity index (χ2v) is 5.42. The van der Waals surface area contributed by atoms with Crippen LogP contribution in [0.25, 0.3) is 0 Å². The minimum Gasteiger partial charge on any atom is -0.480 e. The van der Waals surface area contributed by atoms with Gasteiger partial charge in [0.05, 0.1) is 0 Å². The van der Waals surface area contributed by atoms with Crippen LogP contribution in [-0.4, -0.2) is 26.0 Å². The van der Waals surface area contributed by atoms with Crippen LogP contribution in [0, 0.1) is 5.92 Å². The molecule has 94 valence electrons. The van der Waals surface area contributed by atoms with Gasteiger partial charge in [-0.1, -0.05) is 6.92 Å². The number of aliphatic carboxylic acids is 1. The molecule has 1 saturated carbocycles. The first-order chi connectivity index (χ1) is 8.06. The van der Waals surface area contributed by atoms with E-state index in [9.17, 15) is 9.90 Å². The lowest BCUT2D eigenvalue weighted by Gasteiger charge is -2.25. The fourth-order valence-corrected chi connectivity index (χ4v) is 2.57. The summed E-state index contributed by atoms with van der Waals surface area (Å²) in [7, 11) is 0. The molecule has 1 heterocycles. The number of hydrogen-bond donors (Lipinski definition) is 2. The maximum absolute atomic E-state index is 11.3. The van der Waals surface area contributed by atoms with Crippen molar-refractivity contribution in [1.29, 1.82) is 0 Å². The van der Waals surface area contributed by atoms with Crippen molar-refractivity contribution < 1.29 is 9.90 Å². The van der Waals surface area contributed by atoms with Gasteiger partial charge in [-0.05, 0) is 32.1 Å². The number of aryl methyl sites for hydroxylation is 1. The molecule has 0 saturated heterocycles. The second kappa shape index (κ2) is 4.60. The average molecular weight is 255 g/mol. The van der Waals surface area contributed by atoms with Gasteiger partial charge in [0.2, 0.25) is 5.13 Å². The zero-order valence-corrected chi connectivity index (χ0v) is 10.9. The SMILES string of the molecule is CCCc1nsc(NC(C)(C(=O)O)C2CC2)n1. The third kappa shape index (κ3) is 2.57. The molecule has 5 nitrogen and oxygen atoms in total. The zero-order valence-electron chi connectivity index (χ0n) is 10.1. The van der Waals surface area contributed by atoms with Crippen molar-refractivity contribution in [2.45, 2.75) is 45.1 Å². The molecule has 1 aliphatic rings. The van der Waals surface area contributed by atoms with Gasteiger partial charge >= 0.3 is 5.97 Å². The van der Waals surface area contributed by atoms with Crippen molar-refractivity contribution in [3.05, 3.63) is 5.82 Å². The monoisotopic (exact) mass is 255 g/mol. The van der Waals surface area contributed by atoms with Gasteiger partial charge in [-0.25, -0.2) is 9.78 Å². The summed E-state index contributed by atoms with van der Waals surface area (Å²) < 4.78 is 4.20. The summed E-state index contributed by atoms with van der Waals surface area (Å²) in [5.41, 5.74) is -0.900. The number of aromatic nitrogens is 2. The maximum Gasteiger partial charge on any atom is 0.329 e. The number of nitrogens with zero attached hydrogens (tertiary/aromatic N) is 2. The fraction of sp³-hybridized carbons (Fsp3) is 0.727. The summed E-state index contributed by atoms with van der Waals surface area (Å²) in [6.45, 7) is 3.80. The van der Waals surface area contributed by atoms with Crippen LogP contribution in [0.15, 0.2) is 0 Å². The molecule has 1 atom stereocenters. The fourth-order valence-electron chi connectivity index (χ4n) is 1.84. The molecular formula is C11H17N3O2S. The molecule has 2 rings (SSSR count). The largest absolute Gasteiger partial charge is 0.480 e. The Morgan fingerprint density at radius 1 is 1.65 bits per heavy atom. The summed E-state index contributed by atoms with van der Waals surface area (Å²) in [5, 5.41) is 13.0. The first kappa shape index (κ1) is 12.3. The van der Waals surface area contributed by atoms with E-state index in [0.717, 1.165) is 31.5 Å². The van der Waals surface area contributed by atoms with E-state index in [1.54, 1.807) is 6.92 Å². The van der Waals surface area contributed by atoms with Gasteiger partial charge in [0, 0.05) is 18.0 Å². The second-order valence-electron chi connectivity index (χ2n) is 4.67. The molecule has 0 aromatic carbocycles. The Morgan fingerprint density at radius 2 is 2.35 bits per heavy atom.